The van der Waals surface area contributed by atoms with Gasteiger partial charge in [-0.1, -0.05) is 24.3 Å². The second-order valence-electron chi connectivity index (χ2n) is 4.97. The smallest absolute Gasteiger partial charge is 0.263 e. The first-order valence-corrected chi connectivity index (χ1v) is 6.66. The standard InChI is InChI=1S/C15H15F2N3/c16-14(17)11-3-1-10(2-4-11)9-19-13-7-8-18-15(20-13)12-5-6-12/h1-4,7-8,12,14H,5-6,9H2,(H,18,19,20). The number of alkyl halides is 2. The number of halogens is 2. The number of benzene rings is 1. The van der Waals surface area contributed by atoms with Gasteiger partial charge in [0.1, 0.15) is 11.6 Å². The largest absolute Gasteiger partial charge is 0.366 e. The third kappa shape index (κ3) is 3.10. The molecule has 1 aromatic heterocycles. The Morgan fingerprint density at radius 1 is 1.15 bits per heavy atom. The predicted octanol–water partition coefficient (Wildman–Crippen LogP) is 3.90. The molecular formula is C15H15F2N3. The summed E-state index contributed by atoms with van der Waals surface area (Å²) >= 11 is 0. The van der Waals surface area contributed by atoms with E-state index in [1.807, 2.05) is 6.07 Å². The Hall–Kier alpha value is -2.04. The molecule has 1 heterocycles. The Balaban J connectivity index is 1.62. The van der Waals surface area contributed by atoms with Crippen molar-refractivity contribution < 1.29 is 8.78 Å². The van der Waals surface area contributed by atoms with Gasteiger partial charge in [0.15, 0.2) is 0 Å². The molecule has 3 rings (SSSR count). The monoisotopic (exact) mass is 275 g/mol. The highest BCUT2D eigenvalue weighted by molar-refractivity contribution is 5.36. The fourth-order valence-electron chi connectivity index (χ4n) is 1.98. The van der Waals surface area contributed by atoms with Gasteiger partial charge in [0.25, 0.3) is 6.43 Å². The zero-order valence-corrected chi connectivity index (χ0v) is 10.9. The highest BCUT2D eigenvalue weighted by atomic mass is 19.3. The van der Waals surface area contributed by atoms with Gasteiger partial charge in [-0.05, 0) is 24.5 Å². The van der Waals surface area contributed by atoms with Crippen LogP contribution in [0.15, 0.2) is 36.5 Å². The number of hydrogen-bond donors (Lipinski definition) is 1. The summed E-state index contributed by atoms with van der Waals surface area (Å²) in [6.07, 6.45) is 1.67. The van der Waals surface area contributed by atoms with E-state index < -0.39 is 6.43 Å². The van der Waals surface area contributed by atoms with E-state index in [9.17, 15) is 8.78 Å². The molecule has 0 saturated heterocycles. The molecule has 0 atom stereocenters. The second-order valence-corrected chi connectivity index (χ2v) is 4.97. The van der Waals surface area contributed by atoms with Crippen molar-refractivity contribution in [3.8, 4) is 0 Å². The van der Waals surface area contributed by atoms with Gasteiger partial charge < -0.3 is 5.32 Å². The lowest BCUT2D eigenvalue weighted by Crippen LogP contribution is -2.03. The van der Waals surface area contributed by atoms with Crippen LogP contribution in [0.2, 0.25) is 0 Å². The normalized spacial score (nSPS) is 14.6. The van der Waals surface area contributed by atoms with Gasteiger partial charge in [-0.3, -0.25) is 0 Å². The molecule has 1 aromatic carbocycles. The van der Waals surface area contributed by atoms with Crippen molar-refractivity contribution in [2.75, 3.05) is 5.32 Å². The quantitative estimate of drug-likeness (QED) is 0.899. The van der Waals surface area contributed by atoms with E-state index in [1.165, 1.54) is 25.0 Å². The fourth-order valence-corrected chi connectivity index (χ4v) is 1.98. The molecule has 1 saturated carbocycles. The van der Waals surface area contributed by atoms with Crippen molar-refractivity contribution >= 4 is 5.82 Å². The first kappa shape index (κ1) is 13.0. The number of hydrogen-bond acceptors (Lipinski definition) is 3. The topological polar surface area (TPSA) is 37.8 Å². The predicted molar refractivity (Wildman–Crippen MR) is 72.7 cm³/mol. The number of aromatic nitrogens is 2. The van der Waals surface area contributed by atoms with Crippen LogP contribution in [0.5, 0.6) is 0 Å². The van der Waals surface area contributed by atoms with Crippen LogP contribution < -0.4 is 5.32 Å². The van der Waals surface area contributed by atoms with Crippen molar-refractivity contribution in [2.45, 2.75) is 31.7 Å². The molecule has 104 valence electrons. The van der Waals surface area contributed by atoms with Gasteiger partial charge >= 0.3 is 0 Å². The van der Waals surface area contributed by atoms with Crippen LogP contribution in [-0.4, -0.2) is 9.97 Å². The van der Waals surface area contributed by atoms with Gasteiger partial charge in [0.2, 0.25) is 0 Å². The van der Waals surface area contributed by atoms with Crippen molar-refractivity contribution in [3.05, 3.63) is 53.5 Å². The molecule has 1 aliphatic rings. The average Bonchev–Trinajstić information content (AvgIpc) is 3.30. The molecule has 2 aromatic rings. The molecule has 1 fully saturated rings. The lowest BCUT2D eigenvalue weighted by molar-refractivity contribution is 0.151. The summed E-state index contributed by atoms with van der Waals surface area (Å²) in [5, 5.41) is 3.19. The maximum absolute atomic E-state index is 12.4. The second kappa shape index (κ2) is 5.53. The fraction of sp³-hybridized carbons (Fsp3) is 0.333. The molecular weight excluding hydrogens is 260 g/mol. The highest BCUT2D eigenvalue weighted by Gasteiger charge is 2.26. The number of nitrogens with zero attached hydrogens (tertiary/aromatic N) is 2. The zero-order valence-electron chi connectivity index (χ0n) is 10.9. The maximum Gasteiger partial charge on any atom is 0.263 e. The van der Waals surface area contributed by atoms with Crippen LogP contribution in [-0.2, 0) is 6.54 Å². The summed E-state index contributed by atoms with van der Waals surface area (Å²) in [7, 11) is 0. The Morgan fingerprint density at radius 2 is 1.90 bits per heavy atom. The molecule has 5 heteroatoms. The third-order valence-electron chi connectivity index (χ3n) is 3.32. The Morgan fingerprint density at radius 3 is 2.55 bits per heavy atom. The van der Waals surface area contributed by atoms with Gasteiger partial charge in [0.05, 0.1) is 0 Å². The molecule has 0 bridgehead atoms. The molecule has 0 aliphatic heterocycles. The van der Waals surface area contributed by atoms with Crippen LogP contribution in [0.25, 0.3) is 0 Å². The molecule has 20 heavy (non-hydrogen) atoms. The van der Waals surface area contributed by atoms with Crippen LogP contribution in [0.1, 0.15) is 42.1 Å². The molecule has 0 unspecified atom stereocenters. The van der Waals surface area contributed by atoms with Crippen molar-refractivity contribution in [3.63, 3.8) is 0 Å². The lowest BCUT2D eigenvalue weighted by atomic mass is 10.1. The average molecular weight is 275 g/mol. The van der Waals surface area contributed by atoms with Gasteiger partial charge in [-0.25, -0.2) is 18.7 Å². The number of nitrogens with one attached hydrogen (secondary N) is 1. The van der Waals surface area contributed by atoms with E-state index in [0.717, 1.165) is 17.2 Å². The van der Waals surface area contributed by atoms with Gasteiger partial charge in [-0.15, -0.1) is 0 Å². The van der Waals surface area contributed by atoms with Crippen molar-refractivity contribution in [1.29, 1.82) is 0 Å². The molecule has 1 N–H and O–H groups in total. The summed E-state index contributed by atoms with van der Waals surface area (Å²) in [5.74, 6) is 2.19. The van der Waals surface area contributed by atoms with Crippen molar-refractivity contribution in [2.24, 2.45) is 0 Å². The van der Waals surface area contributed by atoms with Gasteiger partial charge in [-0.2, -0.15) is 0 Å². The first-order chi connectivity index (χ1) is 9.72. The van der Waals surface area contributed by atoms with E-state index >= 15 is 0 Å². The minimum Gasteiger partial charge on any atom is -0.366 e. The lowest BCUT2D eigenvalue weighted by Gasteiger charge is -2.07. The van der Waals surface area contributed by atoms with Crippen LogP contribution >= 0.6 is 0 Å². The molecule has 3 nitrogen and oxygen atoms in total. The minimum atomic E-state index is -2.42. The summed E-state index contributed by atoms with van der Waals surface area (Å²) in [4.78, 5) is 8.71. The Bertz CT molecular complexity index is 580. The molecule has 0 spiro atoms. The minimum absolute atomic E-state index is 0.0480. The molecule has 0 radical (unpaired) electrons. The SMILES string of the molecule is FC(F)c1ccc(CNc2ccnc(C3CC3)n2)cc1. The molecule has 0 amide bonds. The number of rotatable bonds is 5. The van der Waals surface area contributed by atoms with Crippen LogP contribution in [0.4, 0.5) is 14.6 Å². The van der Waals surface area contributed by atoms with Crippen LogP contribution in [0, 0.1) is 0 Å². The highest BCUT2D eigenvalue weighted by Crippen LogP contribution is 2.38. The van der Waals surface area contributed by atoms with E-state index in [2.05, 4.69) is 15.3 Å². The Kier molecular flexibility index (Phi) is 3.58. The van der Waals surface area contributed by atoms with Crippen LogP contribution in [0.3, 0.4) is 0 Å². The van der Waals surface area contributed by atoms with E-state index in [1.54, 1.807) is 18.3 Å². The summed E-state index contributed by atoms with van der Waals surface area (Å²) < 4.78 is 24.9. The maximum atomic E-state index is 12.4. The van der Waals surface area contributed by atoms with E-state index in [4.69, 9.17) is 0 Å². The van der Waals surface area contributed by atoms with Crippen molar-refractivity contribution in [1.82, 2.24) is 9.97 Å². The number of anilines is 1. The first-order valence-electron chi connectivity index (χ1n) is 6.66. The molecule has 1 aliphatic carbocycles. The summed E-state index contributed by atoms with van der Waals surface area (Å²) in [5.41, 5.74) is 0.993. The van der Waals surface area contributed by atoms with E-state index in [-0.39, 0.29) is 5.56 Å². The van der Waals surface area contributed by atoms with E-state index in [0.29, 0.717) is 12.5 Å². The summed E-state index contributed by atoms with van der Waals surface area (Å²) in [6.45, 7) is 0.560. The van der Waals surface area contributed by atoms with Gasteiger partial charge in [0, 0.05) is 24.2 Å². The Labute approximate surface area is 116 Å². The summed E-state index contributed by atoms with van der Waals surface area (Å²) in [6, 6.07) is 8.14. The third-order valence-corrected chi connectivity index (χ3v) is 3.32. The zero-order chi connectivity index (χ0) is 13.9.